The van der Waals surface area contributed by atoms with Crippen LogP contribution in [0.3, 0.4) is 0 Å². The second-order valence-corrected chi connectivity index (χ2v) is 5.10. The molecular weight excluding hydrogens is 272 g/mol. The molecule has 0 atom stereocenters. The lowest BCUT2D eigenvalue weighted by molar-refractivity contribution is 0.0968. The van der Waals surface area contributed by atoms with E-state index in [2.05, 4.69) is 24.2 Å². The van der Waals surface area contributed by atoms with Crippen molar-refractivity contribution in [3.8, 4) is 11.5 Å². The molecule has 1 amide bonds. The van der Waals surface area contributed by atoms with Gasteiger partial charge in [0, 0.05) is 12.1 Å². The molecule has 0 saturated heterocycles. The fourth-order valence-corrected chi connectivity index (χ4v) is 1.79. The van der Waals surface area contributed by atoms with Gasteiger partial charge in [0.1, 0.15) is 0 Å². The second-order valence-electron chi connectivity index (χ2n) is 5.10. The molecular formula is C15H20N2O4. The first kappa shape index (κ1) is 15.2. The molecule has 21 heavy (non-hydrogen) atoms. The molecule has 1 aromatic rings. The van der Waals surface area contributed by atoms with Gasteiger partial charge in [-0.1, -0.05) is 13.8 Å². The number of nitrogens with zero attached hydrogens (tertiary/aromatic N) is 1. The van der Waals surface area contributed by atoms with Crippen molar-refractivity contribution in [1.82, 2.24) is 5.32 Å². The smallest absolute Gasteiger partial charge is 0.291 e. The normalized spacial score (nSPS) is 13.4. The molecule has 0 radical (unpaired) electrons. The molecule has 2 rings (SSSR count). The highest BCUT2D eigenvalue weighted by Gasteiger charge is 2.17. The molecule has 0 spiro atoms. The number of rotatable bonds is 4. The third-order valence-electron chi connectivity index (χ3n) is 3.01. The highest BCUT2D eigenvalue weighted by molar-refractivity contribution is 6.04. The maximum absolute atomic E-state index is 12.1. The van der Waals surface area contributed by atoms with Crippen LogP contribution < -0.4 is 14.8 Å². The van der Waals surface area contributed by atoms with Gasteiger partial charge in [-0.05, 0) is 30.5 Å². The summed E-state index contributed by atoms with van der Waals surface area (Å²) in [6.45, 7) is 5.03. The molecule has 114 valence electrons. The number of methoxy groups -OCH3 is 1. The zero-order valence-corrected chi connectivity index (χ0v) is 12.5. The summed E-state index contributed by atoms with van der Waals surface area (Å²) in [5.74, 6) is 1.47. The van der Waals surface area contributed by atoms with Gasteiger partial charge in [-0.3, -0.25) is 10.1 Å². The van der Waals surface area contributed by atoms with E-state index in [1.165, 1.54) is 7.11 Å². The Morgan fingerprint density at radius 1 is 1.38 bits per heavy atom. The largest absolute Gasteiger partial charge is 0.468 e. The summed E-state index contributed by atoms with van der Waals surface area (Å²) in [7, 11) is 1.48. The average molecular weight is 292 g/mol. The monoisotopic (exact) mass is 292 g/mol. The van der Waals surface area contributed by atoms with Crippen LogP contribution >= 0.6 is 0 Å². The second kappa shape index (κ2) is 6.97. The number of aliphatic imine (C=N–C) groups is 1. The van der Waals surface area contributed by atoms with Crippen molar-refractivity contribution in [3.63, 3.8) is 0 Å². The molecule has 1 aliphatic rings. The van der Waals surface area contributed by atoms with Gasteiger partial charge in [-0.15, -0.1) is 0 Å². The Morgan fingerprint density at radius 2 is 2.14 bits per heavy atom. The van der Waals surface area contributed by atoms with Crippen LogP contribution in [0.2, 0.25) is 0 Å². The number of hydrogen-bond acceptors (Lipinski definition) is 5. The Morgan fingerprint density at radius 3 is 2.86 bits per heavy atom. The van der Waals surface area contributed by atoms with Crippen LogP contribution in [0, 0.1) is 5.92 Å². The van der Waals surface area contributed by atoms with Crippen LogP contribution in [0.15, 0.2) is 23.2 Å². The van der Waals surface area contributed by atoms with Gasteiger partial charge in [0.25, 0.3) is 11.9 Å². The van der Waals surface area contributed by atoms with Crippen LogP contribution in [0.5, 0.6) is 11.5 Å². The van der Waals surface area contributed by atoms with E-state index in [1.807, 2.05) is 0 Å². The first-order chi connectivity index (χ1) is 10.1. The SMILES string of the molecule is COC(=NCCC(C)C)NC(=O)c1ccc2c(c1)OCO2. The molecule has 0 fully saturated rings. The van der Waals surface area contributed by atoms with Gasteiger partial charge in [0.05, 0.1) is 7.11 Å². The highest BCUT2D eigenvalue weighted by Crippen LogP contribution is 2.32. The summed E-state index contributed by atoms with van der Waals surface area (Å²) in [6, 6.07) is 5.24. The lowest BCUT2D eigenvalue weighted by Crippen LogP contribution is -2.32. The van der Waals surface area contributed by atoms with E-state index in [0.29, 0.717) is 29.5 Å². The number of nitrogens with one attached hydrogen (secondary N) is 1. The molecule has 0 bridgehead atoms. The number of hydrogen-bond donors (Lipinski definition) is 1. The lowest BCUT2D eigenvalue weighted by Gasteiger charge is -2.08. The van der Waals surface area contributed by atoms with Gasteiger partial charge in [0.15, 0.2) is 11.5 Å². The van der Waals surface area contributed by atoms with Crippen molar-refractivity contribution in [3.05, 3.63) is 23.8 Å². The van der Waals surface area contributed by atoms with Crippen LogP contribution in [0.4, 0.5) is 0 Å². The molecule has 0 unspecified atom stereocenters. The number of amidine groups is 1. The van der Waals surface area contributed by atoms with E-state index in [-0.39, 0.29) is 18.7 Å². The Hall–Kier alpha value is -2.24. The minimum absolute atomic E-state index is 0.181. The molecule has 0 aromatic heterocycles. The van der Waals surface area contributed by atoms with Crippen LogP contribution in [-0.2, 0) is 4.74 Å². The van der Waals surface area contributed by atoms with E-state index in [4.69, 9.17) is 14.2 Å². The molecule has 1 aliphatic heterocycles. The van der Waals surface area contributed by atoms with E-state index in [1.54, 1.807) is 18.2 Å². The summed E-state index contributed by atoms with van der Waals surface area (Å²) >= 11 is 0. The summed E-state index contributed by atoms with van der Waals surface area (Å²) in [4.78, 5) is 16.4. The van der Waals surface area contributed by atoms with Crippen molar-refractivity contribution in [2.24, 2.45) is 10.9 Å². The van der Waals surface area contributed by atoms with Crippen molar-refractivity contribution in [2.75, 3.05) is 20.4 Å². The Bertz CT molecular complexity index is 540. The summed E-state index contributed by atoms with van der Waals surface area (Å²) in [5.41, 5.74) is 0.466. The van der Waals surface area contributed by atoms with Gasteiger partial charge in [0.2, 0.25) is 6.79 Å². The van der Waals surface area contributed by atoms with Gasteiger partial charge < -0.3 is 14.2 Å². The highest BCUT2D eigenvalue weighted by atomic mass is 16.7. The van der Waals surface area contributed by atoms with Crippen molar-refractivity contribution in [2.45, 2.75) is 20.3 Å². The van der Waals surface area contributed by atoms with E-state index >= 15 is 0 Å². The van der Waals surface area contributed by atoms with Crippen molar-refractivity contribution < 1.29 is 19.0 Å². The van der Waals surface area contributed by atoms with Gasteiger partial charge >= 0.3 is 0 Å². The molecule has 6 heteroatoms. The third kappa shape index (κ3) is 4.11. The number of amides is 1. The maximum Gasteiger partial charge on any atom is 0.291 e. The fourth-order valence-electron chi connectivity index (χ4n) is 1.79. The first-order valence-corrected chi connectivity index (χ1v) is 6.89. The zero-order valence-electron chi connectivity index (χ0n) is 12.5. The molecule has 0 saturated carbocycles. The predicted octanol–water partition coefficient (Wildman–Crippen LogP) is 2.19. The quantitative estimate of drug-likeness (QED) is 0.682. The zero-order chi connectivity index (χ0) is 15.2. The summed E-state index contributed by atoms with van der Waals surface area (Å²) in [5, 5.41) is 2.64. The van der Waals surface area contributed by atoms with E-state index in [0.717, 1.165) is 6.42 Å². The Labute approximate surface area is 124 Å². The third-order valence-corrected chi connectivity index (χ3v) is 3.01. The number of ether oxygens (including phenoxy) is 3. The molecule has 0 aliphatic carbocycles. The predicted molar refractivity (Wildman–Crippen MR) is 78.8 cm³/mol. The summed E-state index contributed by atoms with van der Waals surface area (Å²) in [6.07, 6.45) is 0.937. The van der Waals surface area contributed by atoms with Crippen LogP contribution in [0.1, 0.15) is 30.6 Å². The topological polar surface area (TPSA) is 69.2 Å². The summed E-state index contributed by atoms with van der Waals surface area (Å²) < 4.78 is 15.5. The number of carbonyl (C=O) groups excluding carboxylic acids is 1. The maximum atomic E-state index is 12.1. The van der Waals surface area contributed by atoms with E-state index < -0.39 is 0 Å². The molecule has 1 heterocycles. The van der Waals surface area contributed by atoms with Crippen molar-refractivity contribution >= 4 is 11.9 Å². The Balaban J connectivity index is 1.99. The van der Waals surface area contributed by atoms with Crippen LogP contribution in [-0.4, -0.2) is 32.4 Å². The molecule has 1 aromatic carbocycles. The lowest BCUT2D eigenvalue weighted by atomic mass is 10.1. The van der Waals surface area contributed by atoms with Crippen molar-refractivity contribution in [1.29, 1.82) is 0 Å². The van der Waals surface area contributed by atoms with E-state index in [9.17, 15) is 4.79 Å². The molecule has 1 N–H and O–H groups in total. The average Bonchev–Trinajstić information content (AvgIpc) is 2.92. The minimum atomic E-state index is -0.293. The van der Waals surface area contributed by atoms with Crippen LogP contribution in [0.25, 0.3) is 0 Å². The number of benzene rings is 1. The first-order valence-electron chi connectivity index (χ1n) is 6.89. The standard InChI is InChI=1S/C15H20N2O4/c1-10(2)6-7-16-15(19-3)17-14(18)11-4-5-12-13(8-11)21-9-20-12/h4-5,8,10H,6-7,9H2,1-3H3,(H,16,17,18). The minimum Gasteiger partial charge on any atom is -0.468 e. The number of fused-ring (bicyclic) bond motifs is 1. The van der Waals surface area contributed by atoms with Gasteiger partial charge in [-0.25, -0.2) is 4.99 Å². The fraction of sp³-hybridized carbons (Fsp3) is 0.467. The molecule has 6 nitrogen and oxygen atoms in total. The number of carbonyl (C=O) groups is 1. The van der Waals surface area contributed by atoms with Gasteiger partial charge in [-0.2, -0.15) is 0 Å². The Kier molecular flexibility index (Phi) is 5.03.